The highest BCUT2D eigenvalue weighted by atomic mass is 32.2. The Kier molecular flexibility index (Phi) is 4.13. The maximum atomic E-state index is 3.63. The van der Waals surface area contributed by atoms with E-state index in [2.05, 4.69) is 35.8 Å². The van der Waals surface area contributed by atoms with Gasteiger partial charge in [0, 0.05) is 22.4 Å². The van der Waals surface area contributed by atoms with E-state index in [0.29, 0.717) is 6.04 Å². The van der Waals surface area contributed by atoms with E-state index in [1.807, 2.05) is 18.8 Å². The molecule has 0 aromatic heterocycles. The van der Waals surface area contributed by atoms with Crippen LogP contribution in [0, 0.1) is 6.92 Å². The highest BCUT2D eigenvalue weighted by molar-refractivity contribution is 7.99. The highest BCUT2D eigenvalue weighted by Crippen LogP contribution is 2.34. The molecular formula is C13H20N2S. The van der Waals surface area contributed by atoms with Gasteiger partial charge in [0.25, 0.3) is 0 Å². The molecule has 3 heteroatoms. The first kappa shape index (κ1) is 11.8. The minimum absolute atomic E-state index is 0.633. The van der Waals surface area contributed by atoms with Gasteiger partial charge in [-0.05, 0) is 51.1 Å². The van der Waals surface area contributed by atoms with Crippen molar-refractivity contribution in [3.8, 4) is 0 Å². The highest BCUT2D eigenvalue weighted by Gasteiger charge is 2.17. The van der Waals surface area contributed by atoms with Crippen LogP contribution in [0.3, 0.4) is 0 Å². The van der Waals surface area contributed by atoms with E-state index in [0.717, 1.165) is 6.54 Å². The summed E-state index contributed by atoms with van der Waals surface area (Å²) < 4.78 is 0. The number of hydrogen-bond donors (Lipinski definition) is 2. The van der Waals surface area contributed by atoms with E-state index in [-0.39, 0.29) is 0 Å². The second-order valence-corrected chi connectivity index (χ2v) is 5.46. The fraction of sp³-hybridized carbons (Fsp3) is 0.538. The van der Waals surface area contributed by atoms with Gasteiger partial charge in [0.2, 0.25) is 0 Å². The molecular weight excluding hydrogens is 216 g/mol. The summed E-state index contributed by atoms with van der Waals surface area (Å²) >= 11 is 1.99. The molecule has 0 radical (unpaired) electrons. The average molecular weight is 236 g/mol. The molecule has 1 aliphatic heterocycles. The summed E-state index contributed by atoms with van der Waals surface area (Å²) in [5, 5.41) is 6.83. The number of nitrogens with one attached hydrogen (secondary N) is 2. The Labute approximate surface area is 102 Å². The third-order valence-corrected chi connectivity index (χ3v) is 4.13. The van der Waals surface area contributed by atoms with Crippen molar-refractivity contribution in [1.29, 1.82) is 0 Å². The number of anilines is 1. The van der Waals surface area contributed by atoms with Gasteiger partial charge in [0.05, 0.1) is 0 Å². The Balaban J connectivity index is 1.93. The molecule has 2 rings (SSSR count). The largest absolute Gasteiger partial charge is 0.381 e. The number of aryl methyl sites for hydroxylation is 1. The van der Waals surface area contributed by atoms with Gasteiger partial charge in [-0.15, -0.1) is 11.8 Å². The van der Waals surface area contributed by atoms with Crippen molar-refractivity contribution >= 4 is 17.4 Å². The van der Waals surface area contributed by atoms with Crippen molar-refractivity contribution in [2.75, 3.05) is 24.7 Å². The van der Waals surface area contributed by atoms with Gasteiger partial charge < -0.3 is 10.6 Å². The lowest BCUT2D eigenvalue weighted by Gasteiger charge is -2.26. The topological polar surface area (TPSA) is 24.1 Å². The predicted molar refractivity (Wildman–Crippen MR) is 72.5 cm³/mol. The maximum Gasteiger partial charge on any atom is 0.0480 e. The summed E-state index contributed by atoms with van der Waals surface area (Å²) in [4.78, 5) is 1.41. The van der Waals surface area contributed by atoms with Crippen LogP contribution in [-0.4, -0.2) is 25.4 Å². The third-order valence-electron chi connectivity index (χ3n) is 2.92. The van der Waals surface area contributed by atoms with Gasteiger partial charge in [-0.1, -0.05) is 6.07 Å². The Morgan fingerprint density at radius 1 is 1.50 bits per heavy atom. The van der Waals surface area contributed by atoms with Crippen molar-refractivity contribution in [3.05, 3.63) is 23.8 Å². The fourth-order valence-electron chi connectivity index (χ4n) is 2.00. The fourth-order valence-corrected chi connectivity index (χ4v) is 3.18. The molecule has 0 spiro atoms. The smallest absolute Gasteiger partial charge is 0.0480 e. The zero-order valence-corrected chi connectivity index (χ0v) is 10.9. The monoisotopic (exact) mass is 236 g/mol. The van der Waals surface area contributed by atoms with Crippen LogP contribution in [0.25, 0.3) is 0 Å². The molecule has 88 valence electrons. The molecule has 0 bridgehead atoms. The normalized spacial score (nSPS) is 19.0. The van der Waals surface area contributed by atoms with E-state index in [9.17, 15) is 0 Å². The molecule has 0 fully saturated rings. The van der Waals surface area contributed by atoms with Crippen LogP contribution in [0.2, 0.25) is 0 Å². The van der Waals surface area contributed by atoms with Crippen LogP contribution >= 0.6 is 11.8 Å². The van der Waals surface area contributed by atoms with Gasteiger partial charge in [-0.3, -0.25) is 0 Å². The minimum atomic E-state index is 0.633. The van der Waals surface area contributed by atoms with Crippen molar-refractivity contribution < 1.29 is 0 Å². The van der Waals surface area contributed by atoms with E-state index in [4.69, 9.17) is 0 Å². The lowest BCUT2D eigenvalue weighted by atomic mass is 10.1. The average Bonchev–Trinajstić information content (AvgIpc) is 2.29. The van der Waals surface area contributed by atoms with E-state index in [1.54, 1.807) is 0 Å². The van der Waals surface area contributed by atoms with Gasteiger partial charge >= 0.3 is 0 Å². The van der Waals surface area contributed by atoms with E-state index in [1.165, 1.54) is 34.7 Å². The molecule has 16 heavy (non-hydrogen) atoms. The molecule has 1 aliphatic rings. The van der Waals surface area contributed by atoms with Crippen LogP contribution in [0.5, 0.6) is 0 Å². The lowest BCUT2D eigenvalue weighted by molar-refractivity contribution is 0.626. The Morgan fingerprint density at radius 2 is 2.38 bits per heavy atom. The van der Waals surface area contributed by atoms with Gasteiger partial charge in [0.15, 0.2) is 0 Å². The molecule has 1 aromatic rings. The minimum Gasteiger partial charge on any atom is -0.381 e. The standard InChI is InChI=1S/C13H20N2S/c1-10-5-6-12-13(8-10)16-9-11(15-12)4-3-7-14-2/h5-6,8,11,14-15H,3-4,7,9H2,1-2H3. The van der Waals surface area contributed by atoms with Crippen molar-refractivity contribution in [2.45, 2.75) is 30.7 Å². The molecule has 0 saturated carbocycles. The Morgan fingerprint density at radius 3 is 3.19 bits per heavy atom. The van der Waals surface area contributed by atoms with Gasteiger partial charge in [-0.25, -0.2) is 0 Å². The van der Waals surface area contributed by atoms with Crippen molar-refractivity contribution in [3.63, 3.8) is 0 Å². The summed E-state index contributed by atoms with van der Waals surface area (Å²) in [6, 6.07) is 7.30. The molecule has 2 nitrogen and oxygen atoms in total. The number of fused-ring (bicyclic) bond motifs is 1. The van der Waals surface area contributed by atoms with Crippen molar-refractivity contribution in [2.24, 2.45) is 0 Å². The summed E-state index contributed by atoms with van der Waals surface area (Å²) in [5.74, 6) is 1.19. The number of hydrogen-bond acceptors (Lipinski definition) is 3. The summed E-state index contributed by atoms with van der Waals surface area (Å²) in [7, 11) is 2.02. The second kappa shape index (κ2) is 5.60. The Bertz CT molecular complexity index is 352. The lowest BCUT2D eigenvalue weighted by Crippen LogP contribution is -2.26. The quantitative estimate of drug-likeness (QED) is 0.786. The SMILES string of the molecule is CNCCCC1CSc2cc(C)ccc2N1. The Hall–Kier alpha value is -0.670. The first-order valence-electron chi connectivity index (χ1n) is 5.94. The summed E-state index contributed by atoms with van der Waals surface area (Å²) in [5.41, 5.74) is 2.66. The zero-order valence-electron chi connectivity index (χ0n) is 10.0. The third kappa shape index (κ3) is 2.92. The van der Waals surface area contributed by atoms with E-state index < -0.39 is 0 Å². The molecule has 0 aliphatic carbocycles. The molecule has 1 atom stereocenters. The molecule has 2 N–H and O–H groups in total. The van der Waals surface area contributed by atoms with Crippen LogP contribution in [0.15, 0.2) is 23.1 Å². The molecule has 1 aromatic carbocycles. The molecule has 1 unspecified atom stereocenters. The van der Waals surface area contributed by atoms with Crippen LogP contribution in [0.1, 0.15) is 18.4 Å². The number of benzene rings is 1. The number of thioether (sulfide) groups is 1. The number of rotatable bonds is 4. The molecule has 0 saturated heterocycles. The van der Waals surface area contributed by atoms with Crippen LogP contribution in [0.4, 0.5) is 5.69 Å². The van der Waals surface area contributed by atoms with Crippen LogP contribution < -0.4 is 10.6 Å². The molecule has 1 heterocycles. The first-order valence-corrected chi connectivity index (χ1v) is 6.93. The summed E-state index contributed by atoms with van der Waals surface area (Å²) in [6.45, 7) is 3.27. The molecule has 0 amide bonds. The second-order valence-electron chi connectivity index (χ2n) is 4.40. The predicted octanol–water partition coefficient (Wildman–Crippen LogP) is 2.88. The van der Waals surface area contributed by atoms with Gasteiger partial charge in [-0.2, -0.15) is 0 Å². The van der Waals surface area contributed by atoms with Gasteiger partial charge in [0.1, 0.15) is 0 Å². The van der Waals surface area contributed by atoms with E-state index >= 15 is 0 Å². The summed E-state index contributed by atoms with van der Waals surface area (Å²) in [6.07, 6.45) is 2.50. The first-order chi connectivity index (χ1) is 7.79. The zero-order chi connectivity index (χ0) is 11.4. The van der Waals surface area contributed by atoms with Crippen LogP contribution in [-0.2, 0) is 0 Å². The van der Waals surface area contributed by atoms with Crippen molar-refractivity contribution in [1.82, 2.24) is 5.32 Å². The maximum absolute atomic E-state index is 3.63.